The van der Waals surface area contributed by atoms with Crippen LogP contribution in [0.3, 0.4) is 0 Å². The number of hydrogen-bond acceptors (Lipinski definition) is 5. The van der Waals surface area contributed by atoms with Gasteiger partial charge in [-0.05, 0) is 68.6 Å². The molecular weight excluding hydrogens is 414 g/mol. The average Bonchev–Trinajstić information content (AvgIpc) is 3.31. The first kappa shape index (κ1) is 21.9. The molecule has 0 atom stereocenters. The minimum Gasteiger partial charge on any atom is -0.380 e. The molecule has 0 unspecified atom stereocenters. The monoisotopic (exact) mass is 443 g/mol. The summed E-state index contributed by atoms with van der Waals surface area (Å²) < 4.78 is 0. The molecule has 1 amide bonds. The van der Waals surface area contributed by atoms with E-state index >= 15 is 0 Å². The Kier molecular flexibility index (Phi) is 6.96. The Morgan fingerprint density at radius 1 is 1.00 bits per heavy atom. The third kappa shape index (κ3) is 5.12. The molecule has 2 N–H and O–H groups in total. The van der Waals surface area contributed by atoms with Crippen molar-refractivity contribution in [1.29, 1.82) is 0 Å². The van der Waals surface area contributed by atoms with Gasteiger partial charge in [0, 0.05) is 37.1 Å². The molecule has 0 aromatic heterocycles. The molecule has 0 bridgehead atoms. The van der Waals surface area contributed by atoms with Crippen LogP contribution in [-0.4, -0.2) is 32.1 Å². The standard InChI is InChI=1S/C24H30ClN3O3/c25-19-9-5-16(6-10-19)11-12-26-24(31)18-7-3-17(4-8-18)15-27-20-21(23(30)22(20)29)28-13-1-2-14-28/h5-6,9-10,17-18,27H,1-4,7-8,11-15H2,(H,26,31). The molecule has 2 fully saturated rings. The maximum Gasteiger partial charge on any atom is 0.253 e. The second kappa shape index (κ2) is 9.86. The van der Waals surface area contributed by atoms with Crippen LogP contribution in [0.4, 0.5) is 11.4 Å². The van der Waals surface area contributed by atoms with Crippen molar-refractivity contribution in [2.75, 3.05) is 36.4 Å². The van der Waals surface area contributed by atoms with Crippen LogP contribution >= 0.6 is 11.6 Å². The van der Waals surface area contributed by atoms with Gasteiger partial charge in [0.1, 0.15) is 11.4 Å². The number of benzene rings is 1. The van der Waals surface area contributed by atoms with Gasteiger partial charge in [0.2, 0.25) is 5.91 Å². The Hall–Kier alpha value is -2.34. The third-order valence-corrected chi connectivity index (χ3v) is 6.97. The second-order valence-electron chi connectivity index (χ2n) is 8.84. The number of amides is 1. The molecule has 2 aromatic rings. The predicted molar refractivity (Wildman–Crippen MR) is 125 cm³/mol. The average molecular weight is 444 g/mol. The van der Waals surface area contributed by atoms with Crippen LogP contribution < -0.4 is 26.4 Å². The zero-order valence-corrected chi connectivity index (χ0v) is 18.5. The Labute approximate surface area is 187 Å². The van der Waals surface area contributed by atoms with E-state index in [1.807, 2.05) is 29.2 Å². The van der Waals surface area contributed by atoms with Gasteiger partial charge >= 0.3 is 0 Å². The van der Waals surface area contributed by atoms with Gasteiger partial charge in [0.05, 0.1) is 0 Å². The number of anilines is 2. The molecule has 1 saturated carbocycles. The lowest BCUT2D eigenvalue weighted by molar-refractivity contribution is -0.126. The number of carbonyl (C=O) groups is 1. The lowest BCUT2D eigenvalue weighted by Crippen LogP contribution is -2.42. The lowest BCUT2D eigenvalue weighted by atomic mass is 9.81. The molecule has 2 aliphatic rings. The van der Waals surface area contributed by atoms with Gasteiger partial charge in [-0.2, -0.15) is 0 Å². The highest BCUT2D eigenvalue weighted by molar-refractivity contribution is 6.30. The van der Waals surface area contributed by atoms with E-state index in [9.17, 15) is 14.4 Å². The van der Waals surface area contributed by atoms with E-state index in [4.69, 9.17) is 11.6 Å². The summed E-state index contributed by atoms with van der Waals surface area (Å²) in [7, 11) is 0. The number of halogens is 1. The molecule has 1 aliphatic carbocycles. The van der Waals surface area contributed by atoms with Crippen molar-refractivity contribution in [2.45, 2.75) is 44.9 Å². The van der Waals surface area contributed by atoms with Gasteiger partial charge < -0.3 is 15.5 Å². The Balaban J connectivity index is 1.18. The maximum atomic E-state index is 12.5. The number of hydrogen-bond donors (Lipinski definition) is 2. The number of rotatable bonds is 8. The normalized spacial score (nSPS) is 21.4. The number of carbonyl (C=O) groups excluding carboxylic acids is 1. The molecular formula is C24H30ClN3O3. The topological polar surface area (TPSA) is 78.5 Å². The highest BCUT2D eigenvalue weighted by Crippen LogP contribution is 2.30. The highest BCUT2D eigenvalue weighted by atomic mass is 35.5. The van der Waals surface area contributed by atoms with E-state index in [-0.39, 0.29) is 22.7 Å². The van der Waals surface area contributed by atoms with Crippen molar-refractivity contribution in [3.05, 3.63) is 55.3 Å². The quantitative estimate of drug-likeness (QED) is 0.613. The molecule has 31 heavy (non-hydrogen) atoms. The molecule has 2 aromatic carbocycles. The summed E-state index contributed by atoms with van der Waals surface area (Å²) in [5.41, 5.74) is 1.54. The molecule has 1 aliphatic heterocycles. The van der Waals surface area contributed by atoms with Crippen molar-refractivity contribution in [3.63, 3.8) is 0 Å². The van der Waals surface area contributed by atoms with Crippen LogP contribution in [-0.2, 0) is 11.2 Å². The largest absolute Gasteiger partial charge is 0.380 e. The van der Waals surface area contributed by atoms with Crippen LogP contribution in [0.5, 0.6) is 0 Å². The molecule has 0 radical (unpaired) electrons. The predicted octanol–water partition coefficient (Wildman–Crippen LogP) is 3.11. The summed E-state index contributed by atoms with van der Waals surface area (Å²) in [6, 6.07) is 7.70. The minimum absolute atomic E-state index is 0.0627. The zero-order valence-electron chi connectivity index (χ0n) is 17.8. The first-order chi connectivity index (χ1) is 15.0. The maximum absolute atomic E-state index is 12.5. The van der Waals surface area contributed by atoms with Gasteiger partial charge in [-0.1, -0.05) is 23.7 Å². The summed E-state index contributed by atoms with van der Waals surface area (Å²) in [6.45, 7) is 3.04. The molecule has 1 heterocycles. The van der Waals surface area contributed by atoms with Gasteiger partial charge in [0.25, 0.3) is 10.9 Å². The van der Waals surface area contributed by atoms with Crippen LogP contribution in [0, 0.1) is 11.8 Å². The second-order valence-corrected chi connectivity index (χ2v) is 9.28. The minimum atomic E-state index is -0.379. The fourth-order valence-corrected chi connectivity index (χ4v) is 4.91. The zero-order chi connectivity index (χ0) is 21.8. The smallest absolute Gasteiger partial charge is 0.253 e. The van der Waals surface area contributed by atoms with Gasteiger partial charge in [0.15, 0.2) is 0 Å². The molecule has 6 nitrogen and oxygen atoms in total. The van der Waals surface area contributed by atoms with E-state index in [1.165, 1.54) is 0 Å². The number of nitrogens with one attached hydrogen (secondary N) is 2. The molecule has 166 valence electrons. The van der Waals surface area contributed by atoms with E-state index in [0.29, 0.717) is 30.4 Å². The molecule has 4 rings (SSSR count). The first-order valence-corrected chi connectivity index (χ1v) is 11.7. The third-order valence-electron chi connectivity index (χ3n) is 6.72. The van der Waals surface area contributed by atoms with Crippen molar-refractivity contribution >= 4 is 28.9 Å². The van der Waals surface area contributed by atoms with Gasteiger partial charge in [-0.3, -0.25) is 14.4 Å². The van der Waals surface area contributed by atoms with E-state index in [2.05, 4.69) is 10.6 Å². The van der Waals surface area contributed by atoms with E-state index in [0.717, 1.165) is 68.6 Å². The SMILES string of the molecule is O=C(NCCc1ccc(Cl)cc1)C1CCC(CNc2c(N3CCCC3)c(=O)c2=O)CC1. The van der Waals surface area contributed by atoms with Gasteiger partial charge in [-0.15, -0.1) is 0 Å². The van der Waals surface area contributed by atoms with Crippen molar-refractivity contribution in [1.82, 2.24) is 5.32 Å². The highest BCUT2D eigenvalue weighted by Gasteiger charge is 2.30. The summed E-state index contributed by atoms with van der Waals surface area (Å²) >= 11 is 5.90. The van der Waals surface area contributed by atoms with Crippen molar-refractivity contribution < 1.29 is 4.79 Å². The fourth-order valence-electron chi connectivity index (χ4n) is 4.79. The first-order valence-electron chi connectivity index (χ1n) is 11.4. The summed E-state index contributed by atoms with van der Waals surface area (Å²) in [5, 5.41) is 7.04. The summed E-state index contributed by atoms with van der Waals surface area (Å²) in [4.78, 5) is 38.5. The summed E-state index contributed by atoms with van der Waals surface area (Å²) in [5.74, 6) is 0.626. The van der Waals surface area contributed by atoms with Gasteiger partial charge in [-0.25, -0.2) is 0 Å². The molecule has 0 spiro atoms. The number of nitrogens with zero attached hydrogens (tertiary/aromatic N) is 1. The van der Waals surface area contributed by atoms with Crippen molar-refractivity contribution in [3.8, 4) is 0 Å². The molecule has 1 saturated heterocycles. The lowest BCUT2D eigenvalue weighted by Gasteiger charge is -2.29. The molecule has 7 heteroatoms. The van der Waals surface area contributed by atoms with Crippen LogP contribution in [0.2, 0.25) is 5.02 Å². The van der Waals surface area contributed by atoms with Crippen molar-refractivity contribution in [2.24, 2.45) is 11.8 Å². The van der Waals surface area contributed by atoms with Crippen LogP contribution in [0.1, 0.15) is 44.1 Å². The van der Waals surface area contributed by atoms with E-state index < -0.39 is 0 Å². The Bertz CT molecular complexity index is 967. The van der Waals surface area contributed by atoms with Crippen LogP contribution in [0.25, 0.3) is 0 Å². The van der Waals surface area contributed by atoms with E-state index in [1.54, 1.807) is 0 Å². The Morgan fingerprint density at radius 3 is 2.35 bits per heavy atom. The Morgan fingerprint density at radius 2 is 1.68 bits per heavy atom. The fraction of sp³-hybridized carbons (Fsp3) is 0.542. The van der Waals surface area contributed by atoms with Crippen LogP contribution in [0.15, 0.2) is 33.9 Å². The summed E-state index contributed by atoms with van der Waals surface area (Å²) in [6.07, 6.45) is 6.58.